The van der Waals surface area contributed by atoms with Gasteiger partial charge in [0.05, 0.1) is 15.5 Å². The molecule has 1 amide bonds. The lowest BCUT2D eigenvalue weighted by Crippen LogP contribution is -2.15. The Hall–Kier alpha value is -2.40. The van der Waals surface area contributed by atoms with Crippen molar-refractivity contribution in [3.8, 4) is 0 Å². The van der Waals surface area contributed by atoms with E-state index in [1.807, 2.05) is 0 Å². The second-order valence-corrected chi connectivity index (χ2v) is 9.87. The molecule has 0 aliphatic heterocycles. The van der Waals surface area contributed by atoms with Gasteiger partial charge < -0.3 is 0 Å². The Bertz CT molecular complexity index is 1130. The van der Waals surface area contributed by atoms with E-state index in [1.54, 1.807) is 24.3 Å². The van der Waals surface area contributed by atoms with Gasteiger partial charge in [-0.2, -0.15) is 0 Å². The molecule has 0 aliphatic carbocycles. The summed E-state index contributed by atoms with van der Waals surface area (Å²) in [7, 11) is -3.79. The average molecular weight is 467 g/mol. The van der Waals surface area contributed by atoms with Crippen LogP contribution in [0.25, 0.3) is 0 Å². The third-order valence-electron chi connectivity index (χ3n) is 3.47. The number of halogens is 1. The fourth-order valence-electron chi connectivity index (χ4n) is 2.19. The van der Waals surface area contributed by atoms with Gasteiger partial charge in [0.15, 0.2) is 4.34 Å². The zero-order chi connectivity index (χ0) is 20.9. The van der Waals surface area contributed by atoms with Crippen molar-refractivity contribution in [2.24, 2.45) is 0 Å². The SMILES string of the molecule is C=CCSc1nnc(NC(=O)c2cc(NS(=O)(=O)c3ccccc3)ccc2Cl)s1. The molecule has 0 radical (unpaired) electrons. The molecule has 0 saturated heterocycles. The van der Waals surface area contributed by atoms with Gasteiger partial charge in [0.2, 0.25) is 5.13 Å². The van der Waals surface area contributed by atoms with Crippen LogP contribution in [0, 0.1) is 0 Å². The van der Waals surface area contributed by atoms with Gasteiger partial charge in [0.25, 0.3) is 15.9 Å². The number of hydrogen-bond donors (Lipinski definition) is 2. The molecule has 1 aromatic heterocycles. The van der Waals surface area contributed by atoms with Crippen LogP contribution in [0.2, 0.25) is 5.02 Å². The number of benzene rings is 2. The van der Waals surface area contributed by atoms with Crippen LogP contribution in [0.4, 0.5) is 10.8 Å². The number of amides is 1. The lowest BCUT2D eigenvalue weighted by Gasteiger charge is -2.10. The molecule has 29 heavy (non-hydrogen) atoms. The highest BCUT2D eigenvalue weighted by atomic mass is 35.5. The number of thioether (sulfide) groups is 1. The number of sulfonamides is 1. The third-order valence-corrected chi connectivity index (χ3v) is 7.16. The molecule has 0 fully saturated rings. The van der Waals surface area contributed by atoms with Crippen molar-refractivity contribution >= 4 is 61.4 Å². The summed E-state index contributed by atoms with van der Waals surface area (Å²) >= 11 is 8.80. The number of carbonyl (C=O) groups excluding carboxylic acids is 1. The highest BCUT2D eigenvalue weighted by Crippen LogP contribution is 2.27. The Kier molecular flexibility index (Phi) is 6.91. The van der Waals surface area contributed by atoms with E-state index < -0.39 is 15.9 Å². The summed E-state index contributed by atoms with van der Waals surface area (Å²) in [5, 5.41) is 11.0. The van der Waals surface area contributed by atoms with Crippen LogP contribution < -0.4 is 10.0 Å². The Balaban J connectivity index is 1.77. The fourth-order valence-corrected chi connectivity index (χ4v) is 4.97. The molecule has 150 valence electrons. The topological polar surface area (TPSA) is 101 Å². The lowest BCUT2D eigenvalue weighted by atomic mass is 10.2. The number of rotatable bonds is 8. The molecule has 0 spiro atoms. The molecule has 2 N–H and O–H groups in total. The van der Waals surface area contributed by atoms with Crippen LogP contribution in [0.15, 0.2) is 70.4 Å². The molecule has 0 unspecified atom stereocenters. The number of hydrogen-bond acceptors (Lipinski definition) is 7. The van der Waals surface area contributed by atoms with Gasteiger partial charge in [-0.25, -0.2) is 8.42 Å². The summed E-state index contributed by atoms with van der Waals surface area (Å²) < 4.78 is 28.1. The van der Waals surface area contributed by atoms with E-state index in [2.05, 4.69) is 26.8 Å². The van der Waals surface area contributed by atoms with Gasteiger partial charge in [-0.1, -0.05) is 59.0 Å². The lowest BCUT2D eigenvalue weighted by molar-refractivity contribution is 0.102. The molecule has 0 atom stereocenters. The van der Waals surface area contributed by atoms with Gasteiger partial charge in [0, 0.05) is 11.4 Å². The van der Waals surface area contributed by atoms with E-state index in [-0.39, 0.29) is 21.2 Å². The fraction of sp³-hybridized carbons (Fsp3) is 0.0556. The van der Waals surface area contributed by atoms with Crippen molar-refractivity contribution in [3.63, 3.8) is 0 Å². The van der Waals surface area contributed by atoms with Crippen LogP contribution in [-0.2, 0) is 10.0 Å². The predicted octanol–water partition coefficient (Wildman–Crippen LogP) is 4.52. The van der Waals surface area contributed by atoms with E-state index >= 15 is 0 Å². The minimum Gasteiger partial charge on any atom is -0.296 e. The maximum Gasteiger partial charge on any atom is 0.261 e. The Morgan fingerprint density at radius 2 is 1.97 bits per heavy atom. The summed E-state index contributed by atoms with van der Waals surface area (Å²) in [6, 6.07) is 12.2. The van der Waals surface area contributed by atoms with Gasteiger partial charge in [-0.15, -0.1) is 16.8 Å². The first-order chi connectivity index (χ1) is 13.9. The smallest absolute Gasteiger partial charge is 0.261 e. The van der Waals surface area contributed by atoms with Gasteiger partial charge in [-0.05, 0) is 30.3 Å². The molecule has 11 heteroatoms. The zero-order valence-corrected chi connectivity index (χ0v) is 18.0. The van der Waals surface area contributed by atoms with Crippen LogP contribution in [0.5, 0.6) is 0 Å². The van der Waals surface area contributed by atoms with E-state index in [0.29, 0.717) is 15.2 Å². The molecular formula is C18H15ClN4O3S3. The Labute approximate surface area is 181 Å². The molecule has 3 rings (SSSR count). The van der Waals surface area contributed by atoms with Gasteiger partial charge in [-0.3, -0.25) is 14.8 Å². The Morgan fingerprint density at radius 1 is 1.21 bits per heavy atom. The van der Waals surface area contributed by atoms with E-state index in [9.17, 15) is 13.2 Å². The van der Waals surface area contributed by atoms with E-state index in [1.165, 1.54) is 53.4 Å². The van der Waals surface area contributed by atoms with Crippen LogP contribution in [0.1, 0.15) is 10.4 Å². The molecule has 0 aliphatic rings. The summed E-state index contributed by atoms with van der Waals surface area (Å²) in [5.74, 6) is 0.157. The van der Waals surface area contributed by atoms with Crippen molar-refractivity contribution in [1.82, 2.24) is 10.2 Å². The minimum absolute atomic E-state index is 0.107. The maximum atomic E-state index is 12.6. The summed E-state index contributed by atoms with van der Waals surface area (Å²) in [6.07, 6.45) is 1.74. The standard InChI is InChI=1S/C18H15ClN4O3S3/c1-2-10-27-18-22-21-17(28-18)20-16(24)14-11-12(8-9-15(14)19)23-29(25,26)13-6-4-3-5-7-13/h2-9,11,23H,1,10H2,(H,20,21,24). The van der Waals surface area contributed by atoms with Crippen molar-refractivity contribution < 1.29 is 13.2 Å². The number of nitrogens with one attached hydrogen (secondary N) is 2. The van der Waals surface area contributed by atoms with Crippen molar-refractivity contribution in [3.05, 3.63) is 71.8 Å². The first kappa shape index (κ1) is 21.3. The van der Waals surface area contributed by atoms with Crippen molar-refractivity contribution in [1.29, 1.82) is 0 Å². The molecule has 0 saturated carbocycles. The van der Waals surface area contributed by atoms with Gasteiger partial charge in [0.1, 0.15) is 0 Å². The second kappa shape index (κ2) is 9.40. The molecule has 7 nitrogen and oxygen atoms in total. The van der Waals surface area contributed by atoms with Crippen LogP contribution in [0.3, 0.4) is 0 Å². The minimum atomic E-state index is -3.79. The van der Waals surface area contributed by atoms with Crippen molar-refractivity contribution in [2.45, 2.75) is 9.24 Å². The summed E-state index contributed by atoms with van der Waals surface area (Å²) in [5.41, 5.74) is 0.318. The van der Waals surface area contributed by atoms with Crippen molar-refractivity contribution in [2.75, 3.05) is 15.8 Å². The molecule has 1 heterocycles. The highest BCUT2D eigenvalue weighted by molar-refractivity contribution is 8.01. The van der Waals surface area contributed by atoms with Crippen LogP contribution >= 0.6 is 34.7 Å². The number of nitrogens with zero attached hydrogens (tertiary/aromatic N) is 2. The van der Waals surface area contributed by atoms with E-state index in [0.717, 1.165) is 0 Å². The summed E-state index contributed by atoms with van der Waals surface area (Å²) in [4.78, 5) is 12.7. The third kappa shape index (κ3) is 5.57. The normalized spacial score (nSPS) is 11.1. The van der Waals surface area contributed by atoms with E-state index in [4.69, 9.17) is 11.6 Å². The average Bonchev–Trinajstić information content (AvgIpc) is 3.15. The number of anilines is 2. The number of aromatic nitrogens is 2. The first-order valence-corrected chi connectivity index (χ1v) is 11.8. The summed E-state index contributed by atoms with van der Waals surface area (Å²) in [6.45, 7) is 3.64. The predicted molar refractivity (Wildman–Crippen MR) is 117 cm³/mol. The molecular weight excluding hydrogens is 452 g/mol. The first-order valence-electron chi connectivity index (χ1n) is 8.15. The molecule has 3 aromatic rings. The quantitative estimate of drug-likeness (QED) is 0.287. The molecule has 2 aromatic carbocycles. The monoisotopic (exact) mass is 466 g/mol. The maximum absolute atomic E-state index is 12.6. The Morgan fingerprint density at radius 3 is 2.69 bits per heavy atom. The molecule has 0 bridgehead atoms. The zero-order valence-electron chi connectivity index (χ0n) is 14.8. The highest BCUT2D eigenvalue weighted by Gasteiger charge is 2.18. The van der Waals surface area contributed by atoms with Crippen LogP contribution in [-0.4, -0.2) is 30.3 Å². The second-order valence-electron chi connectivity index (χ2n) is 5.54. The van der Waals surface area contributed by atoms with Gasteiger partial charge >= 0.3 is 0 Å². The number of carbonyl (C=O) groups is 1. The largest absolute Gasteiger partial charge is 0.296 e.